The molecular formula is C50H48N6O8. The lowest BCUT2D eigenvalue weighted by Crippen LogP contribution is -2.60. The minimum atomic E-state index is -1.57. The van der Waals surface area contributed by atoms with Crippen molar-refractivity contribution in [3.63, 3.8) is 0 Å². The Morgan fingerprint density at radius 1 is 0.797 bits per heavy atom. The van der Waals surface area contributed by atoms with Gasteiger partial charge in [0.15, 0.2) is 12.6 Å². The van der Waals surface area contributed by atoms with E-state index in [4.69, 9.17) is 9.84 Å². The van der Waals surface area contributed by atoms with Crippen molar-refractivity contribution in [1.29, 1.82) is 0 Å². The second-order valence-electron chi connectivity index (χ2n) is 15.7. The molecule has 4 aromatic carbocycles. The second kappa shape index (κ2) is 20.9. The Labute approximate surface area is 370 Å². The zero-order valence-corrected chi connectivity index (χ0v) is 34.9. The van der Waals surface area contributed by atoms with Crippen LogP contribution in [0.3, 0.4) is 0 Å². The summed E-state index contributed by atoms with van der Waals surface area (Å²) in [5.74, 6) is 1.35. The summed E-state index contributed by atoms with van der Waals surface area (Å²) in [4.78, 5) is 86.1. The Morgan fingerprint density at radius 3 is 2.19 bits per heavy atom. The summed E-state index contributed by atoms with van der Waals surface area (Å²) in [7, 11) is 0. The van der Waals surface area contributed by atoms with Gasteiger partial charge in [0.2, 0.25) is 17.7 Å². The van der Waals surface area contributed by atoms with Crippen LogP contribution >= 0.6 is 0 Å². The number of ether oxygens (including phenoxy) is 1. The van der Waals surface area contributed by atoms with Gasteiger partial charge in [0.25, 0.3) is 11.8 Å². The van der Waals surface area contributed by atoms with E-state index in [9.17, 15) is 28.8 Å². The van der Waals surface area contributed by atoms with Gasteiger partial charge >= 0.3 is 5.97 Å². The minimum absolute atomic E-state index is 0.0372. The standard InChI is InChI=1S/C50H48N6O8/c57-44-32-64-39-21-13-35(14-22-39)30-43(46(60)52-27-7-12-45(58)59)54-47(61)41(23-15-33-8-3-1-4-9-33)55-49(63)50(56-48(62)42(53-44)24-16-34-25-28-51-29-26-34)31-40(50)38-19-17-37(18-20-38)36-10-5-2-6-11-36/h1-6,8-11,13-14,17-22,25-26,28-29,40-43H,7,12,15,23,27,30-32H2,(H,52,60)(H,53,57)(H,54,61)(H,55,63)(H,56,62)(H,58,59)/t40?,41-,42?,43+,50?/m0/s1. The molecule has 326 valence electrons. The van der Waals surface area contributed by atoms with Crippen LogP contribution in [0.4, 0.5) is 0 Å². The first-order valence-corrected chi connectivity index (χ1v) is 21.1. The van der Waals surface area contributed by atoms with E-state index >= 15 is 0 Å². The number of aromatic nitrogens is 1. The van der Waals surface area contributed by atoms with Crippen LogP contribution in [0.5, 0.6) is 5.75 Å². The Hall–Kier alpha value is -7.79. The number of hydrogen-bond acceptors (Lipinski definition) is 8. The predicted molar refractivity (Wildman–Crippen MR) is 237 cm³/mol. The SMILES string of the molecule is O=C(O)CCCNC(=O)[C@H]1Cc2ccc(cc2)OCC(=O)NC(C#Cc2ccncc2)C(=O)NC2(CC2c2ccc(-c3ccccc3)cc2)C(=O)N[C@@H](CCc2ccccc2)C(=O)N1. The smallest absolute Gasteiger partial charge is 0.303 e. The van der Waals surface area contributed by atoms with Crippen LogP contribution in [0.1, 0.15) is 53.9 Å². The van der Waals surface area contributed by atoms with Gasteiger partial charge in [-0.1, -0.05) is 109 Å². The first-order chi connectivity index (χ1) is 31.1. The van der Waals surface area contributed by atoms with Crippen LogP contribution in [-0.2, 0) is 41.6 Å². The number of nitrogens with zero attached hydrogens (tertiary/aromatic N) is 1. The van der Waals surface area contributed by atoms with Crippen molar-refractivity contribution in [1.82, 2.24) is 31.6 Å². The van der Waals surface area contributed by atoms with Gasteiger partial charge in [0.1, 0.15) is 23.4 Å². The maximum absolute atomic E-state index is 14.9. The number of carbonyl (C=O) groups excluding carboxylic acids is 5. The minimum Gasteiger partial charge on any atom is -0.484 e. The monoisotopic (exact) mass is 860 g/mol. The third-order valence-corrected chi connectivity index (χ3v) is 11.2. The Bertz CT molecular complexity index is 2510. The largest absolute Gasteiger partial charge is 0.484 e. The highest BCUT2D eigenvalue weighted by molar-refractivity contribution is 6.01. The summed E-state index contributed by atoms with van der Waals surface area (Å²) in [6.45, 7) is -0.410. The summed E-state index contributed by atoms with van der Waals surface area (Å²) in [6.07, 6.45) is 3.84. The van der Waals surface area contributed by atoms with Gasteiger partial charge in [-0.05, 0) is 77.8 Å². The number of nitrogens with one attached hydrogen (secondary N) is 5. The van der Waals surface area contributed by atoms with Crippen molar-refractivity contribution < 1.29 is 38.6 Å². The molecule has 1 fully saturated rings. The van der Waals surface area contributed by atoms with Gasteiger partial charge in [-0.15, -0.1) is 0 Å². The van der Waals surface area contributed by atoms with Gasteiger partial charge in [-0.2, -0.15) is 0 Å². The Morgan fingerprint density at radius 2 is 1.48 bits per heavy atom. The highest BCUT2D eigenvalue weighted by Crippen LogP contribution is 2.52. The molecule has 1 spiro atoms. The first kappa shape index (κ1) is 44.3. The quantitative estimate of drug-likeness (QED) is 0.0685. The van der Waals surface area contributed by atoms with Crippen molar-refractivity contribution in [3.05, 3.63) is 156 Å². The van der Waals surface area contributed by atoms with E-state index in [1.165, 1.54) is 0 Å². The van der Waals surface area contributed by atoms with Gasteiger partial charge in [-0.25, -0.2) is 0 Å². The highest BCUT2D eigenvalue weighted by Gasteiger charge is 2.62. The number of amides is 5. The van der Waals surface area contributed by atoms with Crippen molar-refractivity contribution >= 4 is 35.5 Å². The van der Waals surface area contributed by atoms with Crippen LogP contribution in [-0.4, -0.2) is 82.4 Å². The van der Waals surface area contributed by atoms with Crippen LogP contribution in [0, 0.1) is 11.8 Å². The summed E-state index contributed by atoms with van der Waals surface area (Å²) in [5.41, 5.74) is 3.24. The molecule has 6 N–H and O–H groups in total. The molecule has 5 atom stereocenters. The average Bonchev–Trinajstić information content (AvgIpc) is 4.05. The molecule has 3 unspecified atom stereocenters. The number of pyridine rings is 1. The number of carboxylic acid groups (broad SMARTS) is 1. The molecule has 0 saturated heterocycles. The number of hydrogen-bond donors (Lipinski definition) is 6. The molecule has 1 saturated carbocycles. The van der Waals surface area contributed by atoms with Crippen molar-refractivity contribution in [3.8, 4) is 28.7 Å². The molecular weight excluding hydrogens is 813 g/mol. The molecule has 3 heterocycles. The van der Waals surface area contributed by atoms with Gasteiger partial charge in [-0.3, -0.25) is 33.8 Å². The van der Waals surface area contributed by atoms with E-state index in [0.717, 1.165) is 22.3 Å². The molecule has 3 aliphatic rings. The lowest BCUT2D eigenvalue weighted by Gasteiger charge is -2.27. The van der Waals surface area contributed by atoms with E-state index in [1.807, 2.05) is 84.9 Å². The average molecular weight is 861 g/mol. The maximum Gasteiger partial charge on any atom is 0.303 e. The predicted octanol–water partition coefficient (Wildman–Crippen LogP) is 3.85. The zero-order chi connectivity index (χ0) is 44.9. The van der Waals surface area contributed by atoms with E-state index in [1.54, 1.807) is 48.8 Å². The van der Waals surface area contributed by atoms with Gasteiger partial charge in [0.05, 0.1) is 0 Å². The lowest BCUT2D eigenvalue weighted by molar-refractivity contribution is -0.137. The number of benzene rings is 4. The normalized spacial score (nSPS) is 21.2. The molecule has 5 amide bonds. The van der Waals surface area contributed by atoms with Gasteiger partial charge < -0.3 is 36.4 Å². The van der Waals surface area contributed by atoms with E-state index in [-0.39, 0.29) is 38.6 Å². The van der Waals surface area contributed by atoms with Crippen molar-refractivity contribution in [2.75, 3.05) is 13.2 Å². The molecule has 1 aliphatic carbocycles. The number of aliphatic carboxylic acids is 1. The first-order valence-electron chi connectivity index (χ1n) is 21.1. The molecule has 14 heteroatoms. The third kappa shape index (κ3) is 11.8. The number of carbonyl (C=O) groups is 6. The van der Waals surface area contributed by atoms with Crippen LogP contribution in [0.15, 0.2) is 134 Å². The molecule has 0 radical (unpaired) electrons. The molecule has 2 bridgehead atoms. The molecule has 64 heavy (non-hydrogen) atoms. The van der Waals surface area contributed by atoms with Crippen molar-refractivity contribution in [2.45, 2.75) is 68.1 Å². The fourth-order valence-electron chi connectivity index (χ4n) is 7.58. The van der Waals surface area contributed by atoms with E-state index in [2.05, 4.69) is 43.4 Å². The van der Waals surface area contributed by atoms with Crippen LogP contribution in [0.2, 0.25) is 0 Å². The summed E-state index contributed by atoms with van der Waals surface area (Å²) in [5, 5.41) is 23.3. The summed E-state index contributed by atoms with van der Waals surface area (Å²) < 4.78 is 5.76. The fraction of sp³-hybridized carbons (Fsp3) is 0.260. The summed E-state index contributed by atoms with van der Waals surface area (Å²) >= 11 is 0. The topological polar surface area (TPSA) is 205 Å². The van der Waals surface area contributed by atoms with Crippen LogP contribution < -0.4 is 31.3 Å². The van der Waals surface area contributed by atoms with Crippen LogP contribution in [0.25, 0.3) is 11.1 Å². The maximum atomic E-state index is 14.9. The van der Waals surface area contributed by atoms with Crippen molar-refractivity contribution in [2.24, 2.45) is 0 Å². The molecule has 14 nitrogen and oxygen atoms in total. The molecule has 5 aromatic rings. The second-order valence-corrected chi connectivity index (χ2v) is 15.7. The molecule has 2 aliphatic heterocycles. The number of carboxylic acids is 1. The van der Waals surface area contributed by atoms with Gasteiger partial charge in [0, 0.05) is 43.3 Å². The number of aryl methyl sites for hydroxylation is 1. The third-order valence-electron chi connectivity index (χ3n) is 11.2. The van der Waals surface area contributed by atoms with E-state index < -0.39 is 71.7 Å². The summed E-state index contributed by atoms with van der Waals surface area (Å²) in [6, 6.07) is 33.1. The number of fused-ring (bicyclic) bond motifs is 14. The number of rotatable bonds is 10. The molecule has 8 rings (SSSR count). The molecule has 1 aromatic heterocycles. The lowest BCUT2D eigenvalue weighted by atomic mass is 9.99. The Kier molecular flexibility index (Phi) is 14.4. The zero-order valence-electron chi connectivity index (χ0n) is 34.9. The van der Waals surface area contributed by atoms with E-state index in [0.29, 0.717) is 23.3 Å². The highest BCUT2D eigenvalue weighted by atomic mass is 16.5. The fourth-order valence-corrected chi connectivity index (χ4v) is 7.58. The Balaban J connectivity index is 1.24.